The Morgan fingerprint density at radius 3 is 2.83 bits per heavy atom. The van der Waals surface area contributed by atoms with Crippen molar-refractivity contribution in [3.63, 3.8) is 0 Å². The second kappa shape index (κ2) is 6.42. The summed E-state index contributed by atoms with van der Waals surface area (Å²) in [5.74, 6) is -0.0402. The summed E-state index contributed by atoms with van der Waals surface area (Å²) in [6.45, 7) is 5.84. The first-order valence-electron chi connectivity index (χ1n) is 7.93. The van der Waals surface area contributed by atoms with Crippen LogP contribution in [0.5, 0.6) is 0 Å². The molecule has 0 radical (unpaired) electrons. The van der Waals surface area contributed by atoms with Gasteiger partial charge in [-0.3, -0.25) is 10.1 Å². The minimum atomic E-state index is -0.469. The lowest BCUT2D eigenvalue weighted by Crippen LogP contribution is -2.63. The zero-order valence-corrected chi connectivity index (χ0v) is 13.9. The van der Waals surface area contributed by atoms with Crippen LogP contribution in [0.1, 0.15) is 24.6 Å². The molecule has 124 valence electrons. The lowest BCUT2D eigenvalue weighted by Gasteiger charge is -2.35. The smallest absolute Gasteiger partial charge is 0.228 e. The number of carbonyl (C=O) groups is 1. The Bertz CT molecular complexity index is 828. The van der Waals surface area contributed by atoms with E-state index in [0.29, 0.717) is 5.95 Å². The maximum Gasteiger partial charge on any atom is 0.228 e. The molecule has 2 heterocycles. The third-order valence-electron chi connectivity index (χ3n) is 4.36. The minimum absolute atomic E-state index is 0.112. The number of nitriles is 1. The van der Waals surface area contributed by atoms with Gasteiger partial charge in [0.15, 0.2) is 6.29 Å². The Morgan fingerprint density at radius 1 is 1.33 bits per heavy atom. The zero-order chi connectivity index (χ0) is 17.3. The van der Waals surface area contributed by atoms with E-state index in [2.05, 4.69) is 32.0 Å². The molecule has 3 atom stereocenters. The van der Waals surface area contributed by atoms with E-state index in [9.17, 15) is 4.79 Å². The molecule has 1 aliphatic rings. The van der Waals surface area contributed by atoms with Crippen LogP contribution in [-0.4, -0.2) is 28.2 Å². The van der Waals surface area contributed by atoms with E-state index >= 15 is 0 Å². The molecule has 24 heavy (non-hydrogen) atoms. The van der Waals surface area contributed by atoms with Crippen LogP contribution < -0.4 is 16.0 Å². The summed E-state index contributed by atoms with van der Waals surface area (Å²) in [4.78, 5) is 21.2. The number of anilines is 1. The first-order valence-corrected chi connectivity index (χ1v) is 7.93. The highest BCUT2D eigenvalue weighted by atomic mass is 16.2. The van der Waals surface area contributed by atoms with Crippen LogP contribution >= 0.6 is 0 Å². The number of hydrogen-bond acceptors (Lipinski definition) is 6. The highest BCUT2D eigenvalue weighted by Gasteiger charge is 2.33. The summed E-state index contributed by atoms with van der Waals surface area (Å²) >= 11 is 0. The SMILES string of the molecule is Cc1nc(NC2NC(=O)C(CC#N)C(C)N2)nc2c(C)cccc12. The van der Waals surface area contributed by atoms with Gasteiger partial charge in [0.2, 0.25) is 11.9 Å². The number of aromatic nitrogens is 2. The van der Waals surface area contributed by atoms with Crippen molar-refractivity contribution in [2.45, 2.75) is 39.5 Å². The largest absolute Gasteiger partial charge is 0.323 e. The van der Waals surface area contributed by atoms with Crippen LogP contribution in [0.3, 0.4) is 0 Å². The van der Waals surface area contributed by atoms with Gasteiger partial charge in [-0.05, 0) is 26.3 Å². The molecule has 2 aromatic rings. The van der Waals surface area contributed by atoms with E-state index in [1.54, 1.807) is 0 Å². The second-order valence-electron chi connectivity index (χ2n) is 6.11. The summed E-state index contributed by atoms with van der Waals surface area (Å²) in [5, 5.41) is 19.0. The van der Waals surface area contributed by atoms with Gasteiger partial charge in [-0.25, -0.2) is 9.97 Å². The van der Waals surface area contributed by atoms with Crippen molar-refractivity contribution in [3.8, 4) is 6.07 Å². The standard InChI is InChI=1S/C17H20N6O/c1-9-5-4-6-12-10(2)19-16(21-14(9)12)23-17-20-11(3)13(7-8-18)15(24)22-17/h4-6,11,13,17,20H,7H2,1-3H3,(H,22,24)(H,19,21,23). The van der Waals surface area contributed by atoms with Gasteiger partial charge in [0.05, 0.1) is 23.2 Å². The molecule has 1 fully saturated rings. The number of fused-ring (bicyclic) bond motifs is 1. The Balaban J connectivity index is 1.82. The van der Waals surface area contributed by atoms with Crippen LogP contribution in [0, 0.1) is 31.1 Å². The van der Waals surface area contributed by atoms with Crippen LogP contribution in [0.2, 0.25) is 0 Å². The molecule has 0 saturated carbocycles. The summed E-state index contributed by atoms with van der Waals surface area (Å²) in [5.41, 5.74) is 2.85. The number of hydrogen-bond donors (Lipinski definition) is 3. The first kappa shape index (κ1) is 16.1. The maximum atomic E-state index is 12.1. The van der Waals surface area contributed by atoms with Gasteiger partial charge >= 0.3 is 0 Å². The highest BCUT2D eigenvalue weighted by molar-refractivity contribution is 5.84. The minimum Gasteiger partial charge on any atom is -0.323 e. The van der Waals surface area contributed by atoms with Crippen molar-refractivity contribution in [3.05, 3.63) is 29.5 Å². The molecular weight excluding hydrogens is 304 g/mol. The number of benzene rings is 1. The van der Waals surface area contributed by atoms with Crippen LogP contribution in [0.15, 0.2) is 18.2 Å². The van der Waals surface area contributed by atoms with E-state index in [4.69, 9.17) is 5.26 Å². The average Bonchev–Trinajstić information content (AvgIpc) is 2.52. The molecule has 0 bridgehead atoms. The molecule has 1 saturated heterocycles. The molecule has 3 rings (SSSR count). The van der Waals surface area contributed by atoms with Crippen LogP contribution in [0.25, 0.3) is 10.9 Å². The molecule has 1 aromatic heterocycles. The predicted octanol–water partition coefficient (Wildman–Crippen LogP) is 1.58. The van der Waals surface area contributed by atoms with Crippen LogP contribution in [-0.2, 0) is 4.79 Å². The number of nitrogens with zero attached hydrogens (tertiary/aromatic N) is 3. The Morgan fingerprint density at radius 2 is 2.12 bits per heavy atom. The normalized spacial score (nSPS) is 23.6. The zero-order valence-electron chi connectivity index (χ0n) is 13.9. The Labute approximate surface area is 140 Å². The van der Waals surface area contributed by atoms with E-state index < -0.39 is 6.29 Å². The number of rotatable bonds is 3. The molecule has 0 aliphatic carbocycles. The van der Waals surface area contributed by atoms with E-state index in [1.807, 2.05) is 39.0 Å². The Kier molecular flexibility index (Phi) is 4.32. The van der Waals surface area contributed by atoms with Gasteiger partial charge in [0, 0.05) is 17.8 Å². The summed E-state index contributed by atoms with van der Waals surface area (Å²) in [6.07, 6.45) is -0.277. The molecule has 7 heteroatoms. The van der Waals surface area contributed by atoms with Gasteiger partial charge in [-0.15, -0.1) is 0 Å². The van der Waals surface area contributed by atoms with Crippen molar-refractivity contribution >= 4 is 22.8 Å². The fraction of sp³-hybridized carbons (Fsp3) is 0.412. The van der Waals surface area contributed by atoms with Crippen molar-refractivity contribution in [1.82, 2.24) is 20.6 Å². The topological polar surface area (TPSA) is 103 Å². The van der Waals surface area contributed by atoms with Crippen molar-refractivity contribution in [1.29, 1.82) is 5.26 Å². The number of nitrogens with one attached hydrogen (secondary N) is 3. The quantitative estimate of drug-likeness (QED) is 0.792. The molecule has 0 spiro atoms. The summed E-state index contributed by atoms with van der Waals surface area (Å²) < 4.78 is 0. The van der Waals surface area contributed by atoms with E-state index in [-0.39, 0.29) is 24.3 Å². The summed E-state index contributed by atoms with van der Waals surface area (Å²) in [7, 11) is 0. The van der Waals surface area contributed by atoms with Gasteiger partial charge in [0.1, 0.15) is 0 Å². The van der Waals surface area contributed by atoms with Gasteiger partial charge in [0.25, 0.3) is 0 Å². The molecule has 1 aliphatic heterocycles. The van der Waals surface area contributed by atoms with Gasteiger partial charge in [-0.1, -0.05) is 18.2 Å². The number of carbonyl (C=O) groups excluding carboxylic acids is 1. The number of para-hydroxylation sites is 1. The third-order valence-corrected chi connectivity index (χ3v) is 4.36. The molecule has 3 N–H and O–H groups in total. The van der Waals surface area contributed by atoms with Gasteiger partial charge in [-0.2, -0.15) is 5.26 Å². The molecular formula is C17H20N6O. The molecule has 3 unspecified atom stereocenters. The second-order valence-corrected chi connectivity index (χ2v) is 6.11. The summed E-state index contributed by atoms with van der Waals surface area (Å²) in [6, 6.07) is 7.93. The van der Waals surface area contributed by atoms with Crippen LogP contribution in [0.4, 0.5) is 5.95 Å². The van der Waals surface area contributed by atoms with Crippen molar-refractivity contribution < 1.29 is 4.79 Å². The fourth-order valence-corrected chi connectivity index (χ4v) is 2.99. The lowest BCUT2D eigenvalue weighted by molar-refractivity contribution is -0.128. The number of amides is 1. The van der Waals surface area contributed by atoms with Crippen molar-refractivity contribution in [2.75, 3.05) is 5.32 Å². The number of aryl methyl sites for hydroxylation is 2. The lowest BCUT2D eigenvalue weighted by atomic mass is 9.95. The molecule has 1 aromatic carbocycles. The monoisotopic (exact) mass is 324 g/mol. The maximum absolute atomic E-state index is 12.1. The fourth-order valence-electron chi connectivity index (χ4n) is 2.99. The van der Waals surface area contributed by atoms with E-state index in [1.165, 1.54) is 0 Å². The first-order chi connectivity index (χ1) is 11.5. The highest BCUT2D eigenvalue weighted by Crippen LogP contribution is 2.21. The molecule has 7 nitrogen and oxygen atoms in total. The predicted molar refractivity (Wildman–Crippen MR) is 90.9 cm³/mol. The van der Waals surface area contributed by atoms with E-state index in [0.717, 1.165) is 22.2 Å². The Hall–Kier alpha value is -2.72. The third kappa shape index (κ3) is 3.01. The molecule has 1 amide bonds. The van der Waals surface area contributed by atoms with Crippen molar-refractivity contribution in [2.24, 2.45) is 5.92 Å². The van der Waals surface area contributed by atoms with Gasteiger partial charge < -0.3 is 10.6 Å². The average molecular weight is 324 g/mol.